The van der Waals surface area contributed by atoms with Crippen molar-refractivity contribution in [2.24, 2.45) is 0 Å². The highest BCUT2D eigenvalue weighted by Gasteiger charge is 2.34. The lowest BCUT2D eigenvalue weighted by atomic mass is 10.2. The SMILES string of the molecule is O=C(O)c1ccccc1NS(=O)(=O)c1c[nH]c(C(F)(F)F)c1. The molecule has 0 saturated carbocycles. The van der Waals surface area contributed by atoms with Crippen LogP contribution in [0.1, 0.15) is 16.1 Å². The summed E-state index contributed by atoms with van der Waals surface area (Å²) in [7, 11) is -4.35. The molecule has 1 heterocycles. The summed E-state index contributed by atoms with van der Waals surface area (Å²) in [5.74, 6) is -1.37. The van der Waals surface area contributed by atoms with E-state index in [0.29, 0.717) is 12.3 Å². The molecular weight excluding hydrogens is 325 g/mol. The van der Waals surface area contributed by atoms with E-state index in [2.05, 4.69) is 0 Å². The minimum atomic E-state index is -4.72. The van der Waals surface area contributed by atoms with Crippen LogP contribution < -0.4 is 4.72 Å². The predicted molar refractivity (Wildman–Crippen MR) is 70.0 cm³/mol. The number of aromatic carboxylic acids is 1. The van der Waals surface area contributed by atoms with E-state index in [4.69, 9.17) is 5.11 Å². The summed E-state index contributed by atoms with van der Waals surface area (Å²) in [5.41, 5.74) is -1.79. The molecule has 0 aliphatic carbocycles. The fourth-order valence-corrected chi connectivity index (χ4v) is 2.73. The molecule has 0 amide bonds. The van der Waals surface area contributed by atoms with Crippen molar-refractivity contribution in [2.75, 3.05) is 4.72 Å². The minimum absolute atomic E-state index is 0.246. The summed E-state index contributed by atoms with van der Waals surface area (Å²) in [6, 6.07) is 5.56. The number of halogens is 3. The van der Waals surface area contributed by atoms with Gasteiger partial charge in [-0.2, -0.15) is 13.2 Å². The second-order valence-electron chi connectivity index (χ2n) is 4.20. The molecule has 0 aliphatic heterocycles. The first-order valence-corrected chi connectivity index (χ1v) is 7.20. The molecule has 118 valence electrons. The maximum atomic E-state index is 12.5. The van der Waals surface area contributed by atoms with Crippen molar-refractivity contribution in [1.29, 1.82) is 0 Å². The van der Waals surface area contributed by atoms with Crippen LogP contribution in [0.25, 0.3) is 0 Å². The zero-order chi connectivity index (χ0) is 16.5. The maximum absolute atomic E-state index is 12.5. The van der Waals surface area contributed by atoms with E-state index in [1.165, 1.54) is 24.3 Å². The topological polar surface area (TPSA) is 99.3 Å². The number of aromatic nitrogens is 1. The summed E-state index contributed by atoms with van der Waals surface area (Å²) in [6.07, 6.45) is -4.04. The smallest absolute Gasteiger partial charge is 0.431 e. The third kappa shape index (κ3) is 3.22. The molecule has 0 fully saturated rings. The van der Waals surface area contributed by atoms with Crippen LogP contribution in [0.15, 0.2) is 41.4 Å². The number of alkyl halides is 3. The number of carbonyl (C=O) groups is 1. The lowest BCUT2D eigenvalue weighted by molar-refractivity contribution is -0.140. The monoisotopic (exact) mass is 334 g/mol. The Bertz CT molecular complexity index is 812. The number of rotatable bonds is 4. The lowest BCUT2D eigenvalue weighted by Crippen LogP contribution is -2.15. The summed E-state index contributed by atoms with van der Waals surface area (Å²) >= 11 is 0. The van der Waals surface area contributed by atoms with Crippen molar-refractivity contribution < 1.29 is 31.5 Å². The van der Waals surface area contributed by atoms with Crippen LogP contribution in [0.5, 0.6) is 0 Å². The number of H-pyrrole nitrogens is 1. The number of nitrogens with one attached hydrogen (secondary N) is 2. The van der Waals surface area contributed by atoms with Crippen molar-refractivity contribution in [3.05, 3.63) is 47.8 Å². The van der Waals surface area contributed by atoms with Crippen LogP contribution in [0, 0.1) is 0 Å². The highest BCUT2D eigenvalue weighted by Crippen LogP contribution is 2.30. The molecular formula is C12H9F3N2O4S. The molecule has 2 aromatic rings. The van der Waals surface area contributed by atoms with Gasteiger partial charge in [0.1, 0.15) is 10.6 Å². The number of sulfonamides is 1. The Labute approximate surface area is 122 Å². The van der Waals surface area contributed by atoms with Crippen molar-refractivity contribution in [3.8, 4) is 0 Å². The van der Waals surface area contributed by atoms with Gasteiger partial charge in [0.2, 0.25) is 0 Å². The number of para-hydroxylation sites is 1. The molecule has 1 aromatic heterocycles. The first-order chi connectivity index (χ1) is 10.1. The number of hydrogen-bond acceptors (Lipinski definition) is 3. The van der Waals surface area contributed by atoms with Gasteiger partial charge < -0.3 is 10.1 Å². The molecule has 6 nitrogen and oxygen atoms in total. The molecule has 22 heavy (non-hydrogen) atoms. The summed E-state index contributed by atoms with van der Waals surface area (Å²) in [4.78, 5) is 12.2. The maximum Gasteiger partial charge on any atom is 0.431 e. The summed E-state index contributed by atoms with van der Waals surface area (Å²) < 4.78 is 63.4. The van der Waals surface area contributed by atoms with E-state index in [-0.39, 0.29) is 11.3 Å². The zero-order valence-electron chi connectivity index (χ0n) is 10.7. The zero-order valence-corrected chi connectivity index (χ0v) is 11.5. The third-order valence-electron chi connectivity index (χ3n) is 2.67. The molecule has 0 atom stereocenters. The van der Waals surface area contributed by atoms with Gasteiger partial charge in [0.15, 0.2) is 0 Å². The predicted octanol–water partition coefficient (Wildman–Crippen LogP) is 2.53. The van der Waals surface area contributed by atoms with E-state index in [1.54, 1.807) is 0 Å². The number of aromatic amines is 1. The van der Waals surface area contributed by atoms with Crippen molar-refractivity contribution >= 4 is 21.7 Å². The normalized spacial score (nSPS) is 12.1. The van der Waals surface area contributed by atoms with Gasteiger partial charge in [-0.25, -0.2) is 13.2 Å². The van der Waals surface area contributed by atoms with Gasteiger partial charge in [-0.15, -0.1) is 0 Å². The number of carboxylic acid groups (broad SMARTS) is 1. The summed E-state index contributed by atoms with van der Waals surface area (Å²) in [6.45, 7) is 0. The van der Waals surface area contributed by atoms with Crippen LogP contribution in [0.2, 0.25) is 0 Å². The summed E-state index contributed by atoms with van der Waals surface area (Å²) in [5, 5.41) is 8.95. The Balaban J connectivity index is 2.37. The van der Waals surface area contributed by atoms with Crippen LogP contribution in [-0.4, -0.2) is 24.5 Å². The van der Waals surface area contributed by atoms with E-state index in [0.717, 1.165) is 0 Å². The van der Waals surface area contributed by atoms with Gasteiger partial charge in [-0.3, -0.25) is 4.72 Å². The standard InChI is InChI=1S/C12H9F3N2O4S/c13-12(14,15)10-5-7(6-16-10)22(20,21)17-9-4-2-1-3-8(9)11(18)19/h1-6,16-17H,(H,18,19). The fraction of sp³-hybridized carbons (Fsp3) is 0.0833. The molecule has 0 bridgehead atoms. The third-order valence-corrected chi connectivity index (χ3v) is 4.02. The van der Waals surface area contributed by atoms with Crippen LogP contribution >= 0.6 is 0 Å². The van der Waals surface area contributed by atoms with Crippen LogP contribution in [0.3, 0.4) is 0 Å². The Morgan fingerprint density at radius 2 is 1.86 bits per heavy atom. The van der Waals surface area contributed by atoms with Crippen LogP contribution in [0.4, 0.5) is 18.9 Å². The quantitative estimate of drug-likeness (QED) is 0.800. The average Bonchev–Trinajstić information content (AvgIpc) is 2.88. The minimum Gasteiger partial charge on any atom is -0.478 e. The molecule has 3 N–H and O–H groups in total. The largest absolute Gasteiger partial charge is 0.478 e. The molecule has 0 spiro atoms. The Morgan fingerprint density at radius 3 is 2.41 bits per heavy atom. The highest BCUT2D eigenvalue weighted by atomic mass is 32.2. The molecule has 10 heteroatoms. The van der Waals surface area contributed by atoms with Crippen molar-refractivity contribution in [3.63, 3.8) is 0 Å². The first-order valence-electron chi connectivity index (χ1n) is 5.72. The second kappa shape index (κ2) is 5.37. The lowest BCUT2D eigenvalue weighted by Gasteiger charge is -2.09. The van der Waals surface area contributed by atoms with E-state index < -0.39 is 32.8 Å². The molecule has 0 unspecified atom stereocenters. The fourth-order valence-electron chi connectivity index (χ4n) is 1.66. The van der Waals surface area contributed by atoms with E-state index in [1.807, 2.05) is 9.71 Å². The van der Waals surface area contributed by atoms with Crippen LogP contribution in [-0.2, 0) is 16.2 Å². The van der Waals surface area contributed by atoms with E-state index in [9.17, 15) is 26.4 Å². The molecule has 1 aromatic carbocycles. The Hall–Kier alpha value is -2.49. The van der Waals surface area contributed by atoms with Crippen molar-refractivity contribution in [2.45, 2.75) is 11.1 Å². The van der Waals surface area contributed by atoms with Gasteiger partial charge in [0.25, 0.3) is 10.0 Å². The van der Waals surface area contributed by atoms with Gasteiger partial charge >= 0.3 is 12.1 Å². The Kier molecular flexibility index (Phi) is 3.88. The van der Waals surface area contributed by atoms with Gasteiger partial charge in [0.05, 0.1) is 11.3 Å². The highest BCUT2D eigenvalue weighted by molar-refractivity contribution is 7.92. The van der Waals surface area contributed by atoms with Crippen molar-refractivity contribution in [1.82, 2.24) is 4.98 Å². The molecule has 2 rings (SSSR count). The number of anilines is 1. The van der Waals surface area contributed by atoms with E-state index >= 15 is 0 Å². The number of benzene rings is 1. The van der Waals surface area contributed by atoms with Gasteiger partial charge in [-0.05, 0) is 18.2 Å². The van der Waals surface area contributed by atoms with Gasteiger partial charge in [0, 0.05) is 6.20 Å². The molecule has 0 radical (unpaired) electrons. The first kappa shape index (κ1) is 15.9. The van der Waals surface area contributed by atoms with Gasteiger partial charge in [-0.1, -0.05) is 12.1 Å². The second-order valence-corrected chi connectivity index (χ2v) is 5.89. The molecule has 0 aliphatic rings. The number of hydrogen-bond donors (Lipinski definition) is 3. The molecule has 0 saturated heterocycles. The number of carboxylic acids is 1. The Morgan fingerprint density at radius 1 is 1.23 bits per heavy atom. The average molecular weight is 334 g/mol.